The van der Waals surface area contributed by atoms with Crippen molar-refractivity contribution in [3.05, 3.63) is 28.5 Å². The molecule has 0 bridgehead atoms. The number of carboxylic acids is 1. The van der Waals surface area contributed by atoms with E-state index in [0.29, 0.717) is 0 Å². The van der Waals surface area contributed by atoms with Gasteiger partial charge >= 0.3 is 5.97 Å². The van der Waals surface area contributed by atoms with E-state index in [1.54, 1.807) is 13.8 Å². The van der Waals surface area contributed by atoms with Crippen LogP contribution in [-0.4, -0.2) is 25.0 Å². The van der Waals surface area contributed by atoms with E-state index in [-0.39, 0.29) is 17.3 Å². The van der Waals surface area contributed by atoms with Crippen LogP contribution in [0.25, 0.3) is 0 Å². The minimum atomic E-state index is -4.07. The van der Waals surface area contributed by atoms with Crippen LogP contribution in [0.2, 0.25) is 0 Å². The van der Waals surface area contributed by atoms with Crippen LogP contribution in [0.4, 0.5) is 4.39 Å². The van der Waals surface area contributed by atoms with Crippen molar-refractivity contribution in [2.24, 2.45) is 0 Å². The van der Waals surface area contributed by atoms with Gasteiger partial charge in [-0.15, -0.1) is 0 Å². The average molecular weight is 368 g/mol. The Morgan fingerprint density at radius 3 is 2.60 bits per heavy atom. The lowest BCUT2D eigenvalue weighted by molar-refractivity contribution is -0.137. The number of nitrogens with one attached hydrogen (secondary N) is 1. The van der Waals surface area contributed by atoms with Crippen molar-refractivity contribution in [2.45, 2.75) is 37.1 Å². The Hall–Kier alpha value is -0.990. The van der Waals surface area contributed by atoms with Crippen LogP contribution in [0.5, 0.6) is 0 Å². The molecule has 20 heavy (non-hydrogen) atoms. The van der Waals surface area contributed by atoms with Gasteiger partial charge in [0, 0.05) is 12.0 Å². The molecule has 0 aromatic heterocycles. The van der Waals surface area contributed by atoms with E-state index in [9.17, 15) is 17.6 Å². The van der Waals surface area contributed by atoms with Crippen molar-refractivity contribution < 1.29 is 22.7 Å². The Bertz CT molecular complexity index is 616. The number of carbonyl (C=O) groups is 1. The zero-order valence-electron chi connectivity index (χ0n) is 11.0. The van der Waals surface area contributed by atoms with Crippen LogP contribution < -0.4 is 4.72 Å². The molecule has 0 atom stereocenters. The van der Waals surface area contributed by atoms with Crippen molar-refractivity contribution in [1.29, 1.82) is 0 Å². The molecule has 0 aliphatic rings. The van der Waals surface area contributed by atoms with Crippen LogP contribution in [0, 0.1) is 5.82 Å². The van der Waals surface area contributed by atoms with Gasteiger partial charge in [0.2, 0.25) is 10.0 Å². The highest BCUT2D eigenvalue weighted by molar-refractivity contribution is 9.10. The van der Waals surface area contributed by atoms with Gasteiger partial charge < -0.3 is 5.11 Å². The summed E-state index contributed by atoms with van der Waals surface area (Å²) in [7, 11) is -4.07. The van der Waals surface area contributed by atoms with E-state index >= 15 is 0 Å². The largest absolute Gasteiger partial charge is 0.481 e. The first kappa shape index (κ1) is 17.1. The summed E-state index contributed by atoms with van der Waals surface area (Å²) in [5.41, 5.74) is -0.994. The Labute approximate surface area is 125 Å². The number of sulfonamides is 1. The lowest BCUT2D eigenvalue weighted by Crippen LogP contribution is -2.43. The minimum Gasteiger partial charge on any atom is -0.481 e. The highest BCUT2D eigenvalue weighted by Crippen LogP contribution is 2.24. The summed E-state index contributed by atoms with van der Waals surface area (Å²) in [4.78, 5) is 10.1. The van der Waals surface area contributed by atoms with E-state index in [1.165, 1.54) is 12.1 Å². The fourth-order valence-corrected chi connectivity index (χ4v) is 3.62. The summed E-state index contributed by atoms with van der Waals surface area (Å²) >= 11 is 2.92. The number of aliphatic carboxylic acids is 1. The maximum Gasteiger partial charge on any atom is 0.303 e. The molecule has 0 radical (unpaired) electrons. The van der Waals surface area contributed by atoms with Crippen molar-refractivity contribution in [3.63, 3.8) is 0 Å². The Morgan fingerprint density at radius 2 is 2.05 bits per heavy atom. The summed E-state index contributed by atoms with van der Waals surface area (Å²) in [6.07, 6.45) is -0.0896. The SMILES string of the molecule is CC(C)(CCC(=O)O)NS(=O)(=O)c1cccc(Br)c1F. The smallest absolute Gasteiger partial charge is 0.303 e. The van der Waals surface area contributed by atoms with Gasteiger partial charge in [-0.25, -0.2) is 17.5 Å². The normalized spacial score (nSPS) is 12.4. The number of benzene rings is 1. The van der Waals surface area contributed by atoms with Gasteiger partial charge in [-0.2, -0.15) is 0 Å². The first-order chi connectivity index (χ1) is 9.05. The molecule has 112 valence electrons. The highest BCUT2D eigenvalue weighted by Gasteiger charge is 2.29. The predicted octanol–water partition coefficient (Wildman–Crippen LogP) is 2.51. The van der Waals surface area contributed by atoms with E-state index in [0.717, 1.165) is 6.07 Å². The first-order valence-corrected chi connectivity index (χ1v) is 8.02. The van der Waals surface area contributed by atoms with E-state index < -0.39 is 32.2 Å². The third-order valence-corrected chi connectivity index (χ3v) is 4.91. The Morgan fingerprint density at radius 1 is 1.45 bits per heavy atom. The van der Waals surface area contributed by atoms with Gasteiger partial charge in [-0.1, -0.05) is 6.07 Å². The molecular weight excluding hydrogens is 353 g/mol. The predicted molar refractivity (Wildman–Crippen MR) is 75.4 cm³/mol. The zero-order chi connectivity index (χ0) is 15.6. The number of rotatable bonds is 6. The number of hydrogen-bond acceptors (Lipinski definition) is 3. The maximum atomic E-state index is 13.8. The maximum absolute atomic E-state index is 13.8. The molecule has 2 N–H and O–H groups in total. The van der Waals surface area contributed by atoms with Gasteiger partial charge in [0.15, 0.2) is 5.82 Å². The first-order valence-electron chi connectivity index (χ1n) is 5.75. The average Bonchev–Trinajstić information content (AvgIpc) is 2.29. The van der Waals surface area contributed by atoms with E-state index in [4.69, 9.17) is 5.11 Å². The van der Waals surface area contributed by atoms with Gasteiger partial charge in [-0.3, -0.25) is 4.79 Å². The molecule has 0 heterocycles. The molecule has 0 saturated carbocycles. The molecule has 1 aromatic rings. The zero-order valence-corrected chi connectivity index (χ0v) is 13.4. The van der Waals surface area contributed by atoms with Gasteiger partial charge in [0.1, 0.15) is 4.90 Å². The molecule has 1 rings (SSSR count). The van der Waals surface area contributed by atoms with E-state index in [2.05, 4.69) is 20.7 Å². The molecule has 0 spiro atoms. The van der Waals surface area contributed by atoms with Gasteiger partial charge in [0.25, 0.3) is 0 Å². The summed E-state index contributed by atoms with van der Waals surface area (Å²) in [6.45, 7) is 3.09. The fourth-order valence-electron chi connectivity index (χ4n) is 1.58. The van der Waals surface area contributed by atoms with E-state index in [1.807, 2.05) is 0 Å². The molecule has 0 aliphatic carbocycles. The molecule has 0 fully saturated rings. The Balaban J connectivity index is 3.00. The van der Waals surface area contributed by atoms with Crippen LogP contribution in [0.3, 0.4) is 0 Å². The second-order valence-electron chi connectivity index (χ2n) is 4.94. The van der Waals surface area contributed by atoms with Crippen LogP contribution >= 0.6 is 15.9 Å². The fraction of sp³-hybridized carbons (Fsp3) is 0.417. The summed E-state index contributed by atoms with van der Waals surface area (Å²) in [5, 5.41) is 8.63. The Kier molecular flexibility index (Phi) is 5.28. The third-order valence-electron chi connectivity index (χ3n) is 2.58. The van der Waals surface area contributed by atoms with Crippen molar-refractivity contribution in [1.82, 2.24) is 4.72 Å². The summed E-state index contributed by atoms with van der Waals surface area (Å²) < 4.78 is 40.5. The summed E-state index contributed by atoms with van der Waals surface area (Å²) in [6, 6.07) is 3.95. The monoisotopic (exact) mass is 367 g/mol. The third kappa shape index (κ3) is 4.53. The molecule has 8 heteroatoms. The second kappa shape index (κ2) is 6.19. The molecule has 1 aromatic carbocycles. The lowest BCUT2D eigenvalue weighted by Gasteiger charge is -2.25. The van der Waals surface area contributed by atoms with Gasteiger partial charge in [-0.05, 0) is 48.3 Å². The molecule has 0 aliphatic heterocycles. The molecule has 5 nitrogen and oxygen atoms in total. The topological polar surface area (TPSA) is 83.5 Å². The molecule has 0 unspecified atom stereocenters. The minimum absolute atomic E-state index is 0.0451. The second-order valence-corrected chi connectivity index (χ2v) is 7.44. The number of carboxylic acid groups (broad SMARTS) is 1. The van der Waals surface area contributed by atoms with Crippen molar-refractivity contribution in [2.75, 3.05) is 0 Å². The standard InChI is InChI=1S/C12H15BrFNO4S/c1-12(2,7-6-10(16)17)15-20(18,19)9-5-3-4-8(13)11(9)14/h3-5,15H,6-7H2,1-2H3,(H,16,17). The molecule has 0 amide bonds. The highest BCUT2D eigenvalue weighted by atomic mass is 79.9. The quantitative estimate of drug-likeness (QED) is 0.808. The number of hydrogen-bond donors (Lipinski definition) is 2. The van der Waals surface area contributed by atoms with Gasteiger partial charge in [0.05, 0.1) is 4.47 Å². The molecule has 0 saturated heterocycles. The number of halogens is 2. The van der Waals surface area contributed by atoms with Crippen molar-refractivity contribution in [3.8, 4) is 0 Å². The van der Waals surface area contributed by atoms with Crippen LogP contribution in [-0.2, 0) is 14.8 Å². The van der Waals surface area contributed by atoms with Crippen LogP contribution in [0.15, 0.2) is 27.6 Å². The van der Waals surface area contributed by atoms with Crippen LogP contribution in [0.1, 0.15) is 26.7 Å². The molecular formula is C12H15BrFNO4S. The van der Waals surface area contributed by atoms with Crippen molar-refractivity contribution >= 4 is 31.9 Å². The summed E-state index contributed by atoms with van der Waals surface area (Å²) in [5.74, 6) is -1.90. The lowest BCUT2D eigenvalue weighted by atomic mass is 10.0.